The molecular weight excluding hydrogens is 263 g/mol. The Morgan fingerprint density at radius 1 is 1.00 bits per heavy atom. The summed E-state index contributed by atoms with van der Waals surface area (Å²) in [6.45, 7) is 2.35. The van der Waals surface area contributed by atoms with Crippen LogP contribution in [-0.4, -0.2) is 6.04 Å². The predicted molar refractivity (Wildman–Crippen MR) is 82.6 cm³/mol. The molecule has 1 aliphatic heterocycles. The van der Waals surface area contributed by atoms with Crippen LogP contribution in [0.2, 0.25) is 0 Å². The lowest BCUT2D eigenvalue weighted by atomic mass is 10.1. The van der Waals surface area contributed by atoms with E-state index in [0.29, 0.717) is 6.04 Å². The molecule has 0 saturated heterocycles. The van der Waals surface area contributed by atoms with Gasteiger partial charge in [0.2, 0.25) is 0 Å². The summed E-state index contributed by atoms with van der Waals surface area (Å²) in [7, 11) is 0. The van der Waals surface area contributed by atoms with Gasteiger partial charge in [-0.15, -0.1) is 0 Å². The third-order valence-electron chi connectivity index (χ3n) is 4.39. The van der Waals surface area contributed by atoms with E-state index in [-0.39, 0.29) is 5.82 Å². The zero-order valence-corrected chi connectivity index (χ0v) is 12.0. The molecule has 0 spiro atoms. The van der Waals surface area contributed by atoms with E-state index in [0.717, 1.165) is 30.9 Å². The maximum absolute atomic E-state index is 14.4. The first-order chi connectivity index (χ1) is 10.3. The van der Waals surface area contributed by atoms with Gasteiger partial charge >= 0.3 is 0 Å². The number of para-hydroxylation sites is 1. The predicted octanol–water partition coefficient (Wildman–Crippen LogP) is 3.60. The van der Waals surface area contributed by atoms with Crippen LogP contribution >= 0.6 is 0 Å². The molecule has 2 nitrogen and oxygen atoms in total. The van der Waals surface area contributed by atoms with E-state index in [4.69, 9.17) is 0 Å². The molecule has 108 valence electrons. The molecule has 0 bridgehead atoms. The van der Waals surface area contributed by atoms with Gasteiger partial charge in [-0.05, 0) is 35.6 Å². The van der Waals surface area contributed by atoms with Gasteiger partial charge in [0.15, 0.2) is 0 Å². The Kier molecular flexibility index (Phi) is 3.15. The largest absolute Gasteiger partial charge is 0.360 e. The number of fused-ring (bicyclic) bond motifs is 1. The molecule has 21 heavy (non-hydrogen) atoms. The highest BCUT2D eigenvalue weighted by molar-refractivity contribution is 5.58. The van der Waals surface area contributed by atoms with Gasteiger partial charge in [0.25, 0.3) is 0 Å². The second-order valence-electron chi connectivity index (χ2n) is 6.03. The minimum absolute atomic E-state index is 0.113. The molecule has 1 saturated carbocycles. The fraction of sp³-hybridized carbons (Fsp3) is 0.333. The van der Waals surface area contributed by atoms with E-state index >= 15 is 0 Å². The number of nitrogens with one attached hydrogen (secondary N) is 1. The highest BCUT2D eigenvalue weighted by Gasteiger charge is 2.25. The first kappa shape index (κ1) is 12.8. The number of halogens is 1. The lowest BCUT2D eigenvalue weighted by molar-refractivity contribution is 0.610. The van der Waals surface area contributed by atoms with Crippen molar-refractivity contribution >= 4 is 5.69 Å². The van der Waals surface area contributed by atoms with Gasteiger partial charge in [-0.1, -0.05) is 36.4 Å². The Labute approximate surface area is 124 Å². The molecular formula is C18H19FN2. The minimum atomic E-state index is -0.113. The third-order valence-corrected chi connectivity index (χ3v) is 4.39. The quantitative estimate of drug-likeness (QED) is 0.921. The van der Waals surface area contributed by atoms with Crippen LogP contribution in [-0.2, 0) is 19.6 Å². The van der Waals surface area contributed by atoms with Crippen LogP contribution in [0.15, 0.2) is 42.5 Å². The average Bonchev–Trinajstić information content (AvgIpc) is 3.22. The second kappa shape index (κ2) is 5.15. The Hall–Kier alpha value is -1.87. The van der Waals surface area contributed by atoms with Crippen LogP contribution in [0.5, 0.6) is 0 Å². The summed E-state index contributed by atoms with van der Waals surface area (Å²) in [5.41, 5.74) is 4.44. The summed E-state index contributed by atoms with van der Waals surface area (Å²) in [6, 6.07) is 14.4. The summed E-state index contributed by atoms with van der Waals surface area (Å²) in [5.74, 6) is -0.113. The van der Waals surface area contributed by atoms with E-state index < -0.39 is 0 Å². The van der Waals surface area contributed by atoms with Gasteiger partial charge in [0.1, 0.15) is 5.82 Å². The van der Waals surface area contributed by atoms with Crippen LogP contribution in [0.4, 0.5) is 10.1 Å². The first-order valence-electron chi connectivity index (χ1n) is 7.64. The molecule has 1 N–H and O–H groups in total. The molecule has 0 amide bonds. The Bertz CT molecular complexity index is 639. The molecule has 2 aromatic rings. The third kappa shape index (κ3) is 2.54. The molecule has 3 heteroatoms. The van der Waals surface area contributed by atoms with Crippen LogP contribution in [0.3, 0.4) is 0 Å². The maximum Gasteiger partial charge on any atom is 0.146 e. The smallest absolute Gasteiger partial charge is 0.146 e. The van der Waals surface area contributed by atoms with Crippen molar-refractivity contribution in [2.24, 2.45) is 0 Å². The van der Waals surface area contributed by atoms with Crippen molar-refractivity contribution in [1.82, 2.24) is 5.32 Å². The number of anilines is 1. The summed E-state index contributed by atoms with van der Waals surface area (Å²) >= 11 is 0. The zero-order valence-electron chi connectivity index (χ0n) is 12.0. The lowest BCUT2D eigenvalue weighted by Gasteiger charge is -2.22. The van der Waals surface area contributed by atoms with E-state index in [1.807, 2.05) is 12.1 Å². The van der Waals surface area contributed by atoms with Gasteiger partial charge in [-0.2, -0.15) is 0 Å². The van der Waals surface area contributed by atoms with Gasteiger partial charge in [-0.25, -0.2) is 4.39 Å². The van der Waals surface area contributed by atoms with E-state index in [2.05, 4.69) is 34.5 Å². The number of rotatable bonds is 4. The van der Waals surface area contributed by atoms with Crippen LogP contribution in [0.25, 0.3) is 0 Å². The SMILES string of the molecule is Fc1cccc(CNC2CC2)c1N1Cc2ccccc2C1. The molecule has 0 atom stereocenters. The fourth-order valence-electron chi connectivity index (χ4n) is 3.09. The van der Waals surface area contributed by atoms with Crippen molar-refractivity contribution in [1.29, 1.82) is 0 Å². The Morgan fingerprint density at radius 2 is 1.71 bits per heavy atom. The van der Waals surface area contributed by atoms with Crippen molar-refractivity contribution in [2.75, 3.05) is 4.90 Å². The summed E-state index contributed by atoms with van der Waals surface area (Å²) in [4.78, 5) is 2.16. The van der Waals surface area contributed by atoms with Crippen LogP contribution in [0, 0.1) is 5.82 Å². The summed E-state index contributed by atoms with van der Waals surface area (Å²) < 4.78 is 14.4. The van der Waals surface area contributed by atoms with Crippen molar-refractivity contribution in [2.45, 2.75) is 38.5 Å². The molecule has 0 aromatic heterocycles. The molecule has 2 aliphatic rings. The lowest BCUT2D eigenvalue weighted by Crippen LogP contribution is -2.22. The van der Waals surface area contributed by atoms with Gasteiger partial charge in [0, 0.05) is 25.7 Å². The Balaban J connectivity index is 1.62. The van der Waals surface area contributed by atoms with E-state index in [9.17, 15) is 4.39 Å². The first-order valence-corrected chi connectivity index (χ1v) is 7.64. The summed E-state index contributed by atoms with van der Waals surface area (Å²) in [6.07, 6.45) is 2.50. The molecule has 0 unspecified atom stereocenters. The van der Waals surface area contributed by atoms with Crippen molar-refractivity contribution in [3.8, 4) is 0 Å². The Morgan fingerprint density at radius 3 is 2.38 bits per heavy atom. The van der Waals surface area contributed by atoms with Gasteiger partial charge in [-0.3, -0.25) is 0 Å². The average molecular weight is 282 g/mol. The molecule has 2 aromatic carbocycles. The maximum atomic E-state index is 14.4. The molecule has 1 aliphatic carbocycles. The van der Waals surface area contributed by atoms with Crippen molar-refractivity contribution in [3.63, 3.8) is 0 Å². The number of hydrogen-bond acceptors (Lipinski definition) is 2. The zero-order chi connectivity index (χ0) is 14.2. The topological polar surface area (TPSA) is 15.3 Å². The molecule has 4 rings (SSSR count). The van der Waals surface area contributed by atoms with E-state index in [1.54, 1.807) is 6.07 Å². The fourth-order valence-corrected chi connectivity index (χ4v) is 3.09. The van der Waals surface area contributed by atoms with Crippen molar-refractivity contribution < 1.29 is 4.39 Å². The number of benzene rings is 2. The van der Waals surface area contributed by atoms with Crippen LogP contribution in [0.1, 0.15) is 29.5 Å². The second-order valence-corrected chi connectivity index (χ2v) is 6.03. The molecule has 1 heterocycles. The van der Waals surface area contributed by atoms with Gasteiger partial charge < -0.3 is 10.2 Å². The van der Waals surface area contributed by atoms with Crippen LogP contribution < -0.4 is 10.2 Å². The van der Waals surface area contributed by atoms with Crippen molar-refractivity contribution in [3.05, 3.63) is 65.0 Å². The summed E-state index contributed by atoms with van der Waals surface area (Å²) in [5, 5.41) is 3.49. The monoisotopic (exact) mass is 282 g/mol. The van der Waals surface area contributed by atoms with Gasteiger partial charge in [0.05, 0.1) is 5.69 Å². The number of nitrogens with zero attached hydrogens (tertiary/aromatic N) is 1. The minimum Gasteiger partial charge on any atom is -0.360 e. The highest BCUT2D eigenvalue weighted by Crippen LogP contribution is 2.33. The highest BCUT2D eigenvalue weighted by atomic mass is 19.1. The normalized spacial score (nSPS) is 17.1. The van der Waals surface area contributed by atoms with E-state index in [1.165, 1.54) is 24.0 Å². The standard InChI is InChI=1S/C18H19FN2/c19-17-7-3-6-13(10-20-16-8-9-16)18(17)21-11-14-4-1-2-5-15(14)12-21/h1-7,16,20H,8-12H2. The molecule has 0 radical (unpaired) electrons. The number of hydrogen-bond donors (Lipinski definition) is 1. The molecule has 1 fully saturated rings.